The summed E-state index contributed by atoms with van der Waals surface area (Å²) in [6.07, 6.45) is 2.56. The summed E-state index contributed by atoms with van der Waals surface area (Å²) in [6, 6.07) is 9.45. The number of aromatic hydroxyl groups is 1. The number of benzene rings is 2. The Hall–Kier alpha value is -2.38. The Kier molecular flexibility index (Phi) is 7.82. The third-order valence-electron chi connectivity index (χ3n) is 3.82. The van der Waals surface area contributed by atoms with Crippen molar-refractivity contribution in [2.75, 3.05) is 25.6 Å². The number of nitrogens with one attached hydrogen (secondary N) is 1. The standard InChI is InChI=1S/C16H14BrNO4.C4H8O/c1-9(19)18-14-8-15(20)13(17)7-12(14)16(21)10-3-5-11(22-2)6-4-10;1-2-4-5-3-1/h3-8,20H,1-2H3,(H,18,19);1-4H2. The lowest BCUT2D eigenvalue weighted by atomic mass is 10.0. The highest BCUT2D eigenvalue weighted by Gasteiger charge is 2.17. The van der Waals surface area contributed by atoms with E-state index in [1.807, 2.05) is 0 Å². The van der Waals surface area contributed by atoms with E-state index < -0.39 is 0 Å². The predicted octanol–water partition coefficient (Wildman–Crippen LogP) is 4.15. The number of amides is 1. The average Bonchev–Trinajstić information content (AvgIpc) is 3.23. The van der Waals surface area contributed by atoms with Crippen LogP contribution in [0.2, 0.25) is 0 Å². The van der Waals surface area contributed by atoms with Gasteiger partial charge in [-0.3, -0.25) is 9.59 Å². The molecule has 3 rings (SSSR count). The Balaban J connectivity index is 0.000000451. The van der Waals surface area contributed by atoms with Gasteiger partial charge in [0.15, 0.2) is 5.78 Å². The third kappa shape index (κ3) is 6.08. The molecule has 0 radical (unpaired) electrons. The number of hydrogen-bond acceptors (Lipinski definition) is 5. The van der Waals surface area contributed by atoms with E-state index in [1.165, 1.54) is 31.9 Å². The van der Waals surface area contributed by atoms with Gasteiger partial charge in [0, 0.05) is 37.3 Å². The summed E-state index contributed by atoms with van der Waals surface area (Å²) < 4.78 is 10.4. The number of methoxy groups -OCH3 is 1. The molecule has 1 heterocycles. The maximum atomic E-state index is 12.6. The van der Waals surface area contributed by atoms with Crippen molar-refractivity contribution in [3.8, 4) is 11.5 Å². The highest BCUT2D eigenvalue weighted by molar-refractivity contribution is 9.10. The van der Waals surface area contributed by atoms with Gasteiger partial charge in [-0.15, -0.1) is 0 Å². The summed E-state index contributed by atoms with van der Waals surface area (Å²) in [4.78, 5) is 23.9. The number of phenolic OH excluding ortho intramolecular Hbond substituents is 1. The molecule has 0 saturated carbocycles. The van der Waals surface area contributed by atoms with Gasteiger partial charge in [-0.2, -0.15) is 0 Å². The molecule has 2 aromatic rings. The molecule has 1 fully saturated rings. The van der Waals surface area contributed by atoms with E-state index in [0.717, 1.165) is 13.2 Å². The third-order valence-corrected chi connectivity index (χ3v) is 4.46. The predicted molar refractivity (Wildman–Crippen MR) is 107 cm³/mol. The molecule has 0 spiro atoms. The fourth-order valence-corrected chi connectivity index (χ4v) is 2.79. The van der Waals surface area contributed by atoms with Crippen LogP contribution in [0.1, 0.15) is 35.7 Å². The molecule has 0 aliphatic carbocycles. The fourth-order valence-electron chi connectivity index (χ4n) is 2.45. The maximum Gasteiger partial charge on any atom is 0.221 e. The summed E-state index contributed by atoms with van der Waals surface area (Å²) >= 11 is 3.18. The Bertz CT molecular complexity index is 793. The van der Waals surface area contributed by atoms with E-state index in [-0.39, 0.29) is 28.7 Å². The van der Waals surface area contributed by atoms with Crippen LogP contribution in [0.5, 0.6) is 11.5 Å². The van der Waals surface area contributed by atoms with E-state index in [9.17, 15) is 14.7 Å². The van der Waals surface area contributed by atoms with Crippen LogP contribution in [0.4, 0.5) is 5.69 Å². The van der Waals surface area contributed by atoms with Gasteiger partial charge < -0.3 is 19.9 Å². The minimum absolute atomic E-state index is 0.0602. The van der Waals surface area contributed by atoms with Gasteiger partial charge >= 0.3 is 0 Å². The van der Waals surface area contributed by atoms with Crippen molar-refractivity contribution in [2.45, 2.75) is 19.8 Å². The molecule has 0 aromatic heterocycles. The van der Waals surface area contributed by atoms with E-state index in [4.69, 9.17) is 9.47 Å². The Morgan fingerprint density at radius 1 is 1.15 bits per heavy atom. The first-order valence-corrected chi connectivity index (χ1v) is 9.28. The number of phenols is 1. The smallest absolute Gasteiger partial charge is 0.221 e. The highest BCUT2D eigenvalue weighted by Crippen LogP contribution is 2.32. The van der Waals surface area contributed by atoms with Crippen molar-refractivity contribution in [1.29, 1.82) is 0 Å². The summed E-state index contributed by atoms with van der Waals surface area (Å²) in [5.74, 6) is -0.0156. The van der Waals surface area contributed by atoms with E-state index >= 15 is 0 Å². The van der Waals surface area contributed by atoms with Crippen LogP contribution in [0.25, 0.3) is 0 Å². The van der Waals surface area contributed by atoms with Crippen LogP contribution < -0.4 is 10.1 Å². The summed E-state index contributed by atoms with van der Waals surface area (Å²) in [5.41, 5.74) is 0.990. The van der Waals surface area contributed by atoms with Crippen LogP contribution >= 0.6 is 15.9 Å². The molecular formula is C20H22BrNO5. The largest absolute Gasteiger partial charge is 0.507 e. The van der Waals surface area contributed by atoms with Crippen LogP contribution in [-0.2, 0) is 9.53 Å². The molecule has 0 bridgehead atoms. The monoisotopic (exact) mass is 435 g/mol. The molecule has 2 aromatic carbocycles. The molecule has 2 N–H and O–H groups in total. The number of rotatable bonds is 4. The van der Waals surface area contributed by atoms with Gasteiger partial charge in [-0.25, -0.2) is 0 Å². The molecule has 0 atom stereocenters. The number of anilines is 1. The lowest BCUT2D eigenvalue weighted by molar-refractivity contribution is -0.114. The first kappa shape index (κ1) is 20.9. The molecule has 7 heteroatoms. The van der Waals surface area contributed by atoms with Crippen molar-refractivity contribution in [2.24, 2.45) is 0 Å². The van der Waals surface area contributed by atoms with Crippen LogP contribution in [0, 0.1) is 0 Å². The zero-order chi connectivity index (χ0) is 19.8. The number of ketones is 1. The first-order chi connectivity index (χ1) is 12.9. The summed E-state index contributed by atoms with van der Waals surface area (Å²) in [7, 11) is 1.54. The van der Waals surface area contributed by atoms with Gasteiger partial charge in [-0.05, 0) is 59.1 Å². The number of hydrogen-bond donors (Lipinski definition) is 2. The van der Waals surface area contributed by atoms with Crippen LogP contribution in [0.3, 0.4) is 0 Å². The fraction of sp³-hybridized carbons (Fsp3) is 0.300. The van der Waals surface area contributed by atoms with Crippen molar-refractivity contribution in [3.63, 3.8) is 0 Å². The molecule has 6 nitrogen and oxygen atoms in total. The van der Waals surface area contributed by atoms with Gasteiger partial charge in [0.1, 0.15) is 11.5 Å². The molecule has 1 saturated heterocycles. The zero-order valence-corrected chi connectivity index (χ0v) is 16.8. The van der Waals surface area contributed by atoms with Crippen LogP contribution in [0.15, 0.2) is 40.9 Å². The van der Waals surface area contributed by atoms with Gasteiger partial charge in [0.25, 0.3) is 0 Å². The Morgan fingerprint density at radius 2 is 1.78 bits per heavy atom. The first-order valence-electron chi connectivity index (χ1n) is 8.49. The molecule has 144 valence electrons. The van der Waals surface area contributed by atoms with Crippen molar-refractivity contribution in [1.82, 2.24) is 0 Å². The zero-order valence-electron chi connectivity index (χ0n) is 15.3. The van der Waals surface area contributed by atoms with Gasteiger partial charge in [0.2, 0.25) is 5.91 Å². The summed E-state index contributed by atoms with van der Waals surface area (Å²) in [5, 5.41) is 12.3. The second-order valence-corrected chi connectivity index (χ2v) is 6.76. The molecular weight excluding hydrogens is 414 g/mol. The number of carbonyl (C=O) groups is 2. The maximum absolute atomic E-state index is 12.6. The molecule has 1 amide bonds. The molecule has 1 aliphatic rings. The normalized spacial score (nSPS) is 12.7. The van der Waals surface area contributed by atoms with E-state index in [1.54, 1.807) is 31.4 Å². The SMILES string of the molecule is C1CCOC1.COc1ccc(C(=O)c2cc(Br)c(O)cc2NC(C)=O)cc1. The topological polar surface area (TPSA) is 84.9 Å². The average molecular weight is 436 g/mol. The quantitative estimate of drug-likeness (QED) is 0.704. The lowest BCUT2D eigenvalue weighted by Crippen LogP contribution is -2.12. The minimum Gasteiger partial charge on any atom is -0.507 e. The second-order valence-electron chi connectivity index (χ2n) is 5.91. The summed E-state index contributed by atoms with van der Waals surface area (Å²) in [6.45, 7) is 3.33. The van der Waals surface area contributed by atoms with E-state index in [2.05, 4.69) is 21.2 Å². The number of halogens is 1. The Labute approximate surface area is 166 Å². The lowest BCUT2D eigenvalue weighted by Gasteiger charge is -2.11. The molecule has 27 heavy (non-hydrogen) atoms. The highest BCUT2D eigenvalue weighted by atomic mass is 79.9. The Morgan fingerprint density at radius 3 is 2.26 bits per heavy atom. The van der Waals surface area contributed by atoms with Crippen LogP contribution in [-0.4, -0.2) is 37.1 Å². The van der Waals surface area contributed by atoms with Crippen molar-refractivity contribution in [3.05, 3.63) is 52.0 Å². The van der Waals surface area contributed by atoms with Gasteiger partial charge in [-0.1, -0.05) is 0 Å². The molecule has 1 aliphatic heterocycles. The van der Waals surface area contributed by atoms with Crippen molar-refractivity contribution >= 4 is 33.3 Å². The number of ether oxygens (including phenoxy) is 2. The molecule has 0 unspecified atom stereocenters. The van der Waals surface area contributed by atoms with Crippen molar-refractivity contribution < 1.29 is 24.2 Å². The van der Waals surface area contributed by atoms with Gasteiger partial charge in [0.05, 0.1) is 17.3 Å². The minimum atomic E-state index is -0.328. The number of carbonyl (C=O) groups excluding carboxylic acids is 2. The van der Waals surface area contributed by atoms with E-state index in [0.29, 0.717) is 15.8 Å². The second kappa shape index (κ2) is 10.1.